The second kappa shape index (κ2) is 5.28. The molecule has 3 aromatic rings. The number of fused-ring (bicyclic) bond motifs is 3. The van der Waals surface area contributed by atoms with Crippen molar-refractivity contribution in [1.29, 1.82) is 5.26 Å². The Bertz CT molecular complexity index is 942. The largest absolute Gasteiger partial charge is 0.345 e. The van der Waals surface area contributed by atoms with Gasteiger partial charge in [0, 0.05) is 30.6 Å². The second-order valence-electron chi connectivity index (χ2n) is 5.56. The zero-order chi connectivity index (χ0) is 15.8. The molecule has 1 amide bonds. The van der Waals surface area contributed by atoms with Crippen LogP contribution in [0.5, 0.6) is 0 Å². The summed E-state index contributed by atoms with van der Waals surface area (Å²) in [5, 5.41) is 18.8. The Morgan fingerprint density at radius 3 is 3.22 bits per heavy atom. The highest BCUT2D eigenvalue weighted by Gasteiger charge is 2.30. The summed E-state index contributed by atoms with van der Waals surface area (Å²) in [4.78, 5) is 25.3. The maximum Gasteiger partial charge on any atom is 0.236 e. The number of H-pyrrole nitrogens is 1. The number of nitrogens with one attached hydrogen (secondary N) is 1. The van der Waals surface area contributed by atoms with Crippen molar-refractivity contribution in [3.8, 4) is 6.07 Å². The van der Waals surface area contributed by atoms with Crippen LogP contribution in [0.4, 0.5) is 0 Å². The maximum atomic E-state index is 11.9. The lowest BCUT2D eigenvalue weighted by molar-refractivity contribution is -0.129. The van der Waals surface area contributed by atoms with Gasteiger partial charge in [0.25, 0.3) is 0 Å². The smallest absolute Gasteiger partial charge is 0.236 e. The minimum atomic E-state index is -0.125. The predicted molar refractivity (Wildman–Crippen MR) is 81.2 cm³/mol. The summed E-state index contributed by atoms with van der Waals surface area (Å²) < 4.78 is 0. The molecule has 0 bridgehead atoms. The van der Waals surface area contributed by atoms with Crippen molar-refractivity contribution in [2.24, 2.45) is 0 Å². The number of nitrogens with zero attached hydrogens (tertiary/aromatic N) is 6. The molecule has 8 nitrogen and oxygen atoms in total. The molecule has 0 spiro atoms. The molecular formula is C15H13N7O. The number of rotatable bonds is 2. The summed E-state index contributed by atoms with van der Waals surface area (Å²) in [6.45, 7) is 1.21. The topological polar surface area (TPSA) is 111 Å². The van der Waals surface area contributed by atoms with Gasteiger partial charge in [-0.05, 0) is 12.5 Å². The molecule has 0 aliphatic carbocycles. The number of nitriles is 1. The highest BCUT2D eigenvalue weighted by Crippen LogP contribution is 2.32. The molecule has 114 valence electrons. The van der Waals surface area contributed by atoms with Gasteiger partial charge in [0.1, 0.15) is 12.7 Å². The summed E-state index contributed by atoms with van der Waals surface area (Å²) in [5.41, 5.74) is 2.15. The Labute approximate surface area is 131 Å². The third-order valence-corrected chi connectivity index (χ3v) is 4.25. The zero-order valence-electron chi connectivity index (χ0n) is 12.2. The van der Waals surface area contributed by atoms with Crippen LogP contribution < -0.4 is 0 Å². The summed E-state index contributed by atoms with van der Waals surface area (Å²) in [5.74, 6) is -0.00890. The van der Waals surface area contributed by atoms with Crippen molar-refractivity contribution in [1.82, 2.24) is 30.0 Å². The fourth-order valence-electron chi connectivity index (χ4n) is 3.17. The Morgan fingerprint density at radius 1 is 1.43 bits per heavy atom. The van der Waals surface area contributed by atoms with Gasteiger partial charge in [0.15, 0.2) is 11.3 Å². The first-order valence-corrected chi connectivity index (χ1v) is 7.37. The van der Waals surface area contributed by atoms with E-state index in [9.17, 15) is 4.79 Å². The maximum absolute atomic E-state index is 11.9. The number of likely N-dealkylation sites (tertiary alicyclic amines) is 1. The molecule has 1 fully saturated rings. The van der Waals surface area contributed by atoms with Gasteiger partial charge in [-0.15, -0.1) is 10.2 Å². The van der Waals surface area contributed by atoms with Crippen LogP contribution in [-0.2, 0) is 4.79 Å². The van der Waals surface area contributed by atoms with E-state index in [4.69, 9.17) is 5.26 Å². The number of hydrogen-bond acceptors (Lipinski definition) is 6. The number of aromatic nitrogens is 5. The fourth-order valence-corrected chi connectivity index (χ4v) is 3.17. The van der Waals surface area contributed by atoms with Crippen molar-refractivity contribution in [2.75, 3.05) is 13.1 Å². The quantitative estimate of drug-likeness (QED) is 0.759. The van der Waals surface area contributed by atoms with E-state index in [1.165, 1.54) is 6.33 Å². The van der Waals surface area contributed by atoms with Gasteiger partial charge in [-0.2, -0.15) is 5.26 Å². The van der Waals surface area contributed by atoms with E-state index in [-0.39, 0.29) is 18.2 Å². The summed E-state index contributed by atoms with van der Waals surface area (Å²) in [7, 11) is 0. The molecule has 1 aliphatic heterocycles. The third kappa shape index (κ3) is 2.17. The van der Waals surface area contributed by atoms with Crippen molar-refractivity contribution >= 4 is 28.0 Å². The fraction of sp³-hybridized carbons (Fsp3) is 0.333. The molecule has 4 rings (SSSR count). The lowest BCUT2D eigenvalue weighted by Gasteiger charge is -2.15. The van der Waals surface area contributed by atoms with Crippen molar-refractivity contribution in [3.63, 3.8) is 0 Å². The standard InChI is InChI=1S/C15H13N7O/c16-4-1-11(23)22-6-3-9(7-22)13-12-10-2-5-17-14(10)20-21-15(12)19-8-18-13/h2,5,8-9H,1,3,6-7H2,(H,17,20). The molecule has 4 heterocycles. The van der Waals surface area contributed by atoms with Gasteiger partial charge < -0.3 is 9.88 Å². The van der Waals surface area contributed by atoms with Crippen LogP contribution in [0.3, 0.4) is 0 Å². The first-order chi connectivity index (χ1) is 11.3. The number of aromatic amines is 1. The molecule has 0 radical (unpaired) electrons. The number of carbonyl (C=O) groups excluding carboxylic acids is 1. The lowest BCUT2D eigenvalue weighted by Crippen LogP contribution is -2.27. The lowest BCUT2D eigenvalue weighted by atomic mass is 10.00. The molecule has 8 heteroatoms. The average molecular weight is 307 g/mol. The van der Waals surface area contributed by atoms with E-state index < -0.39 is 0 Å². The van der Waals surface area contributed by atoms with Crippen molar-refractivity contribution in [2.45, 2.75) is 18.8 Å². The van der Waals surface area contributed by atoms with E-state index >= 15 is 0 Å². The van der Waals surface area contributed by atoms with Crippen LogP contribution in [0.1, 0.15) is 24.5 Å². The minimum absolute atomic E-state index is 0.0786. The predicted octanol–water partition coefficient (Wildman–Crippen LogP) is 1.13. The summed E-state index contributed by atoms with van der Waals surface area (Å²) in [6, 6.07) is 3.85. The number of hydrogen-bond donors (Lipinski definition) is 1. The summed E-state index contributed by atoms with van der Waals surface area (Å²) >= 11 is 0. The normalized spacial score (nSPS) is 17.7. The Kier molecular flexibility index (Phi) is 3.12. The first-order valence-electron chi connectivity index (χ1n) is 7.37. The van der Waals surface area contributed by atoms with E-state index in [2.05, 4.69) is 25.1 Å². The van der Waals surface area contributed by atoms with Gasteiger partial charge in [0.05, 0.1) is 17.1 Å². The highest BCUT2D eigenvalue weighted by atomic mass is 16.2. The van der Waals surface area contributed by atoms with E-state index in [0.29, 0.717) is 24.4 Å². The van der Waals surface area contributed by atoms with E-state index in [1.54, 1.807) is 4.90 Å². The minimum Gasteiger partial charge on any atom is -0.345 e. The van der Waals surface area contributed by atoms with Gasteiger partial charge in [0.2, 0.25) is 5.91 Å². The van der Waals surface area contributed by atoms with Crippen LogP contribution in [0.25, 0.3) is 22.1 Å². The molecule has 1 unspecified atom stereocenters. The molecule has 1 saturated heterocycles. The van der Waals surface area contributed by atoms with Crippen LogP contribution >= 0.6 is 0 Å². The monoisotopic (exact) mass is 307 g/mol. The molecule has 0 saturated carbocycles. The van der Waals surface area contributed by atoms with E-state index in [0.717, 1.165) is 22.9 Å². The van der Waals surface area contributed by atoms with Gasteiger partial charge in [-0.3, -0.25) is 4.79 Å². The number of carbonyl (C=O) groups is 1. The molecule has 0 aromatic carbocycles. The molecule has 3 aromatic heterocycles. The van der Waals surface area contributed by atoms with E-state index in [1.807, 2.05) is 18.3 Å². The highest BCUT2D eigenvalue weighted by molar-refractivity contribution is 6.02. The second-order valence-corrected chi connectivity index (χ2v) is 5.56. The van der Waals surface area contributed by atoms with Crippen molar-refractivity contribution < 1.29 is 4.79 Å². The molecule has 1 atom stereocenters. The van der Waals surface area contributed by atoms with Gasteiger partial charge in [-0.1, -0.05) is 0 Å². The zero-order valence-corrected chi connectivity index (χ0v) is 12.2. The molecule has 1 N–H and O–H groups in total. The number of amides is 1. The molecule has 1 aliphatic rings. The SMILES string of the molecule is N#CCC(=O)N1CCC(c2ncnc3nnc4[nH]ccc4c23)C1. The third-order valence-electron chi connectivity index (χ3n) is 4.25. The van der Waals surface area contributed by atoms with Crippen LogP contribution in [0.15, 0.2) is 18.6 Å². The Balaban J connectivity index is 1.76. The van der Waals surface area contributed by atoms with Crippen LogP contribution in [0, 0.1) is 11.3 Å². The Morgan fingerprint density at radius 2 is 2.35 bits per heavy atom. The molecular weight excluding hydrogens is 294 g/mol. The van der Waals surface area contributed by atoms with Gasteiger partial charge >= 0.3 is 0 Å². The first kappa shape index (κ1) is 13.6. The van der Waals surface area contributed by atoms with Crippen LogP contribution in [-0.4, -0.2) is 49.0 Å². The van der Waals surface area contributed by atoms with Gasteiger partial charge in [-0.25, -0.2) is 9.97 Å². The summed E-state index contributed by atoms with van der Waals surface area (Å²) in [6.07, 6.45) is 4.04. The van der Waals surface area contributed by atoms with Crippen molar-refractivity contribution in [3.05, 3.63) is 24.3 Å². The Hall–Kier alpha value is -3.08. The van der Waals surface area contributed by atoms with Crippen LogP contribution in [0.2, 0.25) is 0 Å². The molecule has 23 heavy (non-hydrogen) atoms. The average Bonchev–Trinajstić information content (AvgIpc) is 3.23.